The molecule has 0 aliphatic carbocycles. The number of allylic oxidation sites excluding steroid dienone is 1. The zero-order valence-corrected chi connectivity index (χ0v) is 6.89. The monoisotopic (exact) mass is 155 g/mol. The Kier molecular flexibility index (Phi) is 5.07. The number of carbonyl (C=O) groups excluding carboxylic acids is 2. The molecule has 0 saturated carbocycles. The molecule has 0 saturated heterocycles. The SMILES string of the molecule is CNC(=O)CC=CCC(C)=O. The zero-order valence-electron chi connectivity index (χ0n) is 6.89. The minimum Gasteiger partial charge on any atom is -0.359 e. The van der Waals surface area contributed by atoms with E-state index < -0.39 is 0 Å². The highest BCUT2D eigenvalue weighted by Gasteiger charge is 1.91. The van der Waals surface area contributed by atoms with Gasteiger partial charge >= 0.3 is 0 Å². The summed E-state index contributed by atoms with van der Waals surface area (Å²) >= 11 is 0. The zero-order chi connectivity index (χ0) is 8.69. The molecule has 0 atom stereocenters. The summed E-state index contributed by atoms with van der Waals surface area (Å²) in [6.45, 7) is 1.52. The molecule has 11 heavy (non-hydrogen) atoms. The van der Waals surface area contributed by atoms with Crippen LogP contribution in [0, 0.1) is 0 Å². The fraction of sp³-hybridized carbons (Fsp3) is 0.500. The van der Waals surface area contributed by atoms with Crippen molar-refractivity contribution < 1.29 is 9.59 Å². The maximum Gasteiger partial charge on any atom is 0.223 e. The number of Topliss-reactive ketones (excluding diaryl/α,β-unsaturated/α-hetero) is 1. The molecular formula is C8H13NO2. The van der Waals surface area contributed by atoms with E-state index in [9.17, 15) is 9.59 Å². The van der Waals surface area contributed by atoms with Crippen molar-refractivity contribution in [1.82, 2.24) is 5.32 Å². The second kappa shape index (κ2) is 5.65. The fourth-order valence-corrected chi connectivity index (χ4v) is 0.542. The number of nitrogens with one attached hydrogen (secondary N) is 1. The van der Waals surface area contributed by atoms with Gasteiger partial charge in [-0.3, -0.25) is 9.59 Å². The lowest BCUT2D eigenvalue weighted by atomic mass is 10.2. The van der Waals surface area contributed by atoms with Gasteiger partial charge in [-0.15, -0.1) is 0 Å². The third-order valence-electron chi connectivity index (χ3n) is 1.15. The van der Waals surface area contributed by atoms with Crippen molar-refractivity contribution in [2.45, 2.75) is 19.8 Å². The third-order valence-corrected chi connectivity index (χ3v) is 1.15. The van der Waals surface area contributed by atoms with Gasteiger partial charge in [-0.05, 0) is 6.92 Å². The third kappa shape index (κ3) is 6.77. The first-order valence-electron chi connectivity index (χ1n) is 3.52. The summed E-state index contributed by atoms with van der Waals surface area (Å²) < 4.78 is 0. The lowest BCUT2D eigenvalue weighted by molar-refractivity contribution is -0.120. The molecule has 0 spiro atoms. The van der Waals surface area contributed by atoms with Crippen LogP contribution in [-0.2, 0) is 9.59 Å². The normalized spacial score (nSPS) is 10.0. The van der Waals surface area contributed by atoms with E-state index in [4.69, 9.17) is 0 Å². The van der Waals surface area contributed by atoms with Crippen molar-refractivity contribution in [3.8, 4) is 0 Å². The van der Waals surface area contributed by atoms with Crippen LogP contribution in [0.4, 0.5) is 0 Å². The number of carbonyl (C=O) groups is 2. The summed E-state index contributed by atoms with van der Waals surface area (Å²) in [4.78, 5) is 21.0. The lowest BCUT2D eigenvalue weighted by Crippen LogP contribution is -2.15. The van der Waals surface area contributed by atoms with E-state index in [1.54, 1.807) is 19.2 Å². The highest BCUT2D eigenvalue weighted by atomic mass is 16.1. The quantitative estimate of drug-likeness (QED) is 0.606. The largest absolute Gasteiger partial charge is 0.359 e. The van der Waals surface area contributed by atoms with Crippen molar-refractivity contribution in [3.63, 3.8) is 0 Å². The summed E-state index contributed by atoms with van der Waals surface area (Å²) in [6.07, 6.45) is 4.17. The molecule has 0 radical (unpaired) electrons. The Hall–Kier alpha value is -1.12. The molecule has 0 aromatic heterocycles. The maximum absolute atomic E-state index is 10.6. The van der Waals surface area contributed by atoms with Gasteiger partial charge < -0.3 is 5.32 Å². The highest BCUT2D eigenvalue weighted by Crippen LogP contribution is 1.87. The van der Waals surface area contributed by atoms with Crippen LogP contribution in [0.1, 0.15) is 19.8 Å². The first-order chi connectivity index (χ1) is 5.16. The van der Waals surface area contributed by atoms with Gasteiger partial charge in [0.05, 0.1) is 0 Å². The van der Waals surface area contributed by atoms with Crippen LogP contribution in [0.3, 0.4) is 0 Å². The van der Waals surface area contributed by atoms with Gasteiger partial charge in [-0.25, -0.2) is 0 Å². The fourth-order valence-electron chi connectivity index (χ4n) is 0.542. The average molecular weight is 155 g/mol. The topological polar surface area (TPSA) is 46.2 Å². The Labute approximate surface area is 66.5 Å². The Morgan fingerprint density at radius 2 is 1.82 bits per heavy atom. The Morgan fingerprint density at radius 1 is 1.27 bits per heavy atom. The summed E-state index contributed by atoms with van der Waals surface area (Å²) in [5, 5.41) is 2.48. The van der Waals surface area contributed by atoms with Crippen LogP contribution in [0.2, 0.25) is 0 Å². The smallest absolute Gasteiger partial charge is 0.223 e. The van der Waals surface area contributed by atoms with Gasteiger partial charge in [0.15, 0.2) is 0 Å². The molecule has 62 valence electrons. The summed E-state index contributed by atoms with van der Waals surface area (Å²) in [5.41, 5.74) is 0. The van der Waals surface area contributed by atoms with Gasteiger partial charge in [0.2, 0.25) is 5.91 Å². The van der Waals surface area contributed by atoms with E-state index in [2.05, 4.69) is 5.32 Å². The van der Waals surface area contributed by atoms with E-state index in [0.717, 1.165) is 0 Å². The Bertz CT molecular complexity index is 173. The molecular weight excluding hydrogens is 142 g/mol. The number of hydrogen-bond donors (Lipinski definition) is 1. The molecule has 0 aliphatic heterocycles. The van der Waals surface area contributed by atoms with Crippen LogP contribution in [0.15, 0.2) is 12.2 Å². The van der Waals surface area contributed by atoms with Gasteiger partial charge in [0.1, 0.15) is 5.78 Å². The lowest BCUT2D eigenvalue weighted by Gasteiger charge is -1.91. The van der Waals surface area contributed by atoms with E-state index in [1.807, 2.05) is 0 Å². The highest BCUT2D eigenvalue weighted by molar-refractivity contribution is 5.78. The van der Waals surface area contributed by atoms with E-state index >= 15 is 0 Å². The first kappa shape index (κ1) is 9.88. The van der Waals surface area contributed by atoms with Crippen molar-refractivity contribution >= 4 is 11.7 Å². The number of ketones is 1. The Morgan fingerprint density at radius 3 is 2.27 bits per heavy atom. The van der Waals surface area contributed by atoms with Crippen molar-refractivity contribution in [2.24, 2.45) is 0 Å². The minimum absolute atomic E-state index is 0.0372. The van der Waals surface area contributed by atoms with Gasteiger partial charge in [-0.1, -0.05) is 12.2 Å². The Balaban J connectivity index is 3.44. The van der Waals surface area contributed by atoms with Crippen LogP contribution in [-0.4, -0.2) is 18.7 Å². The predicted molar refractivity (Wildman–Crippen MR) is 43.1 cm³/mol. The minimum atomic E-state index is -0.0372. The predicted octanol–water partition coefficient (Wildman–Crippen LogP) is 0.658. The first-order valence-corrected chi connectivity index (χ1v) is 3.52. The number of rotatable bonds is 4. The molecule has 0 aromatic carbocycles. The van der Waals surface area contributed by atoms with Crippen molar-refractivity contribution in [2.75, 3.05) is 7.05 Å². The van der Waals surface area contributed by atoms with E-state index in [0.29, 0.717) is 12.8 Å². The van der Waals surface area contributed by atoms with Crippen molar-refractivity contribution in [1.29, 1.82) is 0 Å². The maximum atomic E-state index is 10.6. The van der Waals surface area contributed by atoms with Crippen molar-refractivity contribution in [3.05, 3.63) is 12.2 Å². The molecule has 0 unspecified atom stereocenters. The van der Waals surface area contributed by atoms with E-state index in [-0.39, 0.29) is 11.7 Å². The standard InChI is InChI=1S/C8H13NO2/c1-7(10)5-3-4-6-8(11)9-2/h3-4H,5-6H2,1-2H3,(H,9,11). The molecule has 0 rings (SSSR count). The van der Waals surface area contributed by atoms with Gasteiger partial charge in [0.25, 0.3) is 0 Å². The molecule has 3 nitrogen and oxygen atoms in total. The van der Waals surface area contributed by atoms with Crippen LogP contribution in [0.5, 0.6) is 0 Å². The molecule has 1 amide bonds. The van der Waals surface area contributed by atoms with Gasteiger partial charge in [0, 0.05) is 19.9 Å². The summed E-state index contributed by atoms with van der Waals surface area (Å²) in [7, 11) is 1.58. The van der Waals surface area contributed by atoms with Crippen LogP contribution in [0.25, 0.3) is 0 Å². The molecule has 0 heterocycles. The molecule has 3 heteroatoms. The molecule has 0 fully saturated rings. The summed E-state index contributed by atoms with van der Waals surface area (Å²) in [5.74, 6) is 0.0722. The van der Waals surface area contributed by atoms with Crippen LogP contribution >= 0.6 is 0 Å². The number of hydrogen-bond acceptors (Lipinski definition) is 2. The van der Waals surface area contributed by atoms with E-state index in [1.165, 1.54) is 6.92 Å². The molecule has 1 N–H and O–H groups in total. The second-order valence-corrected chi connectivity index (χ2v) is 2.25. The molecule has 0 bridgehead atoms. The van der Waals surface area contributed by atoms with Gasteiger partial charge in [-0.2, -0.15) is 0 Å². The average Bonchev–Trinajstić information content (AvgIpc) is 1.97. The number of amides is 1. The van der Waals surface area contributed by atoms with Crippen LogP contribution < -0.4 is 5.32 Å². The molecule has 0 aromatic rings. The molecule has 0 aliphatic rings. The second-order valence-electron chi connectivity index (χ2n) is 2.25. The summed E-state index contributed by atoms with van der Waals surface area (Å²) in [6, 6.07) is 0.